The van der Waals surface area contributed by atoms with Crippen LogP contribution in [-0.2, 0) is 11.2 Å². The van der Waals surface area contributed by atoms with Gasteiger partial charge in [-0.25, -0.2) is 0 Å². The second-order valence-electron chi connectivity index (χ2n) is 3.35. The highest BCUT2D eigenvalue weighted by Gasteiger charge is 2.08. The molecule has 0 fully saturated rings. The van der Waals surface area contributed by atoms with Crippen LogP contribution in [0.5, 0.6) is 0 Å². The van der Waals surface area contributed by atoms with Crippen LogP contribution in [0.3, 0.4) is 0 Å². The molecule has 0 saturated heterocycles. The van der Waals surface area contributed by atoms with Crippen LogP contribution >= 0.6 is 0 Å². The number of carbonyl (C=O) groups is 1. The Balaban J connectivity index is 3.11. The van der Waals surface area contributed by atoms with E-state index in [-0.39, 0.29) is 0 Å². The Morgan fingerprint density at radius 1 is 1.40 bits per heavy atom. The SMILES string of the molecule is CCc1ccc(N(C=O)CC)c(NC)c1. The van der Waals surface area contributed by atoms with Gasteiger partial charge in [0, 0.05) is 13.6 Å². The van der Waals surface area contributed by atoms with E-state index in [1.807, 2.05) is 20.0 Å². The fraction of sp³-hybridized carbons (Fsp3) is 0.417. The largest absolute Gasteiger partial charge is 0.386 e. The molecule has 1 amide bonds. The van der Waals surface area contributed by atoms with Crippen molar-refractivity contribution in [1.29, 1.82) is 0 Å². The molecule has 1 N–H and O–H groups in total. The van der Waals surface area contributed by atoms with Crippen LogP contribution in [0, 0.1) is 0 Å². The van der Waals surface area contributed by atoms with Gasteiger partial charge in [0.2, 0.25) is 6.41 Å². The lowest BCUT2D eigenvalue weighted by atomic mass is 10.1. The maximum absolute atomic E-state index is 10.9. The Morgan fingerprint density at radius 3 is 2.60 bits per heavy atom. The second kappa shape index (κ2) is 5.39. The highest BCUT2D eigenvalue weighted by atomic mass is 16.1. The molecule has 0 spiro atoms. The Labute approximate surface area is 91.1 Å². The highest BCUT2D eigenvalue weighted by molar-refractivity contribution is 5.83. The van der Waals surface area contributed by atoms with E-state index in [0.717, 1.165) is 24.2 Å². The van der Waals surface area contributed by atoms with Gasteiger partial charge < -0.3 is 10.2 Å². The quantitative estimate of drug-likeness (QED) is 0.749. The molecule has 0 aliphatic carbocycles. The van der Waals surface area contributed by atoms with Crippen molar-refractivity contribution in [2.75, 3.05) is 23.8 Å². The van der Waals surface area contributed by atoms with Gasteiger partial charge in [-0.2, -0.15) is 0 Å². The highest BCUT2D eigenvalue weighted by Crippen LogP contribution is 2.26. The molecule has 0 aliphatic rings. The van der Waals surface area contributed by atoms with Gasteiger partial charge in [0.15, 0.2) is 0 Å². The fourth-order valence-electron chi connectivity index (χ4n) is 1.56. The number of hydrogen-bond acceptors (Lipinski definition) is 2. The van der Waals surface area contributed by atoms with Crippen LogP contribution in [0.15, 0.2) is 18.2 Å². The first-order valence-electron chi connectivity index (χ1n) is 5.29. The normalized spacial score (nSPS) is 9.80. The number of amides is 1. The summed E-state index contributed by atoms with van der Waals surface area (Å²) in [5.74, 6) is 0. The predicted octanol–water partition coefficient (Wildman–Crippen LogP) is 2.27. The molecule has 1 rings (SSSR count). The number of carbonyl (C=O) groups excluding carboxylic acids is 1. The number of anilines is 2. The van der Waals surface area contributed by atoms with E-state index < -0.39 is 0 Å². The molecule has 0 saturated carbocycles. The fourth-order valence-corrected chi connectivity index (χ4v) is 1.56. The first-order valence-corrected chi connectivity index (χ1v) is 5.29. The third-order valence-electron chi connectivity index (χ3n) is 2.52. The van der Waals surface area contributed by atoms with E-state index in [1.54, 1.807) is 4.90 Å². The molecule has 1 aromatic rings. The van der Waals surface area contributed by atoms with Crippen molar-refractivity contribution < 1.29 is 4.79 Å². The molecular formula is C12H18N2O. The molecule has 0 aliphatic heterocycles. The van der Waals surface area contributed by atoms with E-state index in [9.17, 15) is 4.79 Å². The van der Waals surface area contributed by atoms with E-state index in [1.165, 1.54) is 5.56 Å². The van der Waals surface area contributed by atoms with Crippen molar-refractivity contribution in [1.82, 2.24) is 0 Å². The number of hydrogen-bond donors (Lipinski definition) is 1. The zero-order chi connectivity index (χ0) is 11.3. The van der Waals surface area contributed by atoms with Gasteiger partial charge in [-0.15, -0.1) is 0 Å². The number of benzene rings is 1. The summed E-state index contributed by atoms with van der Waals surface area (Å²) in [7, 11) is 1.87. The molecule has 15 heavy (non-hydrogen) atoms. The number of aryl methyl sites for hydroxylation is 1. The van der Waals surface area contributed by atoms with Crippen molar-refractivity contribution in [3.63, 3.8) is 0 Å². The molecule has 1 aromatic carbocycles. The zero-order valence-electron chi connectivity index (χ0n) is 9.58. The van der Waals surface area contributed by atoms with Gasteiger partial charge in [0.25, 0.3) is 0 Å². The monoisotopic (exact) mass is 206 g/mol. The van der Waals surface area contributed by atoms with Crippen molar-refractivity contribution in [2.24, 2.45) is 0 Å². The average Bonchev–Trinajstić information content (AvgIpc) is 2.31. The van der Waals surface area contributed by atoms with E-state index >= 15 is 0 Å². The summed E-state index contributed by atoms with van der Waals surface area (Å²) in [5, 5.41) is 3.12. The van der Waals surface area contributed by atoms with E-state index in [0.29, 0.717) is 6.54 Å². The first-order chi connectivity index (χ1) is 7.26. The minimum absolute atomic E-state index is 0.684. The van der Waals surface area contributed by atoms with Gasteiger partial charge in [-0.1, -0.05) is 13.0 Å². The number of nitrogens with zero attached hydrogens (tertiary/aromatic N) is 1. The summed E-state index contributed by atoms with van der Waals surface area (Å²) in [5.41, 5.74) is 3.21. The Morgan fingerprint density at radius 2 is 2.13 bits per heavy atom. The van der Waals surface area contributed by atoms with Gasteiger partial charge in [0.1, 0.15) is 0 Å². The van der Waals surface area contributed by atoms with Gasteiger partial charge in [-0.05, 0) is 31.0 Å². The molecule has 0 atom stereocenters. The lowest BCUT2D eigenvalue weighted by Crippen LogP contribution is -2.21. The maximum atomic E-state index is 10.9. The summed E-state index contributed by atoms with van der Waals surface area (Å²) >= 11 is 0. The smallest absolute Gasteiger partial charge is 0.214 e. The molecule has 3 nitrogen and oxygen atoms in total. The molecule has 0 radical (unpaired) electrons. The molecular weight excluding hydrogens is 188 g/mol. The number of nitrogens with one attached hydrogen (secondary N) is 1. The van der Waals surface area contributed by atoms with Crippen molar-refractivity contribution in [3.05, 3.63) is 23.8 Å². The molecule has 82 valence electrons. The molecule has 0 bridgehead atoms. The lowest BCUT2D eigenvalue weighted by Gasteiger charge is -2.19. The van der Waals surface area contributed by atoms with Gasteiger partial charge in [0.05, 0.1) is 11.4 Å². The third-order valence-corrected chi connectivity index (χ3v) is 2.52. The standard InChI is InChI=1S/C12H18N2O/c1-4-10-6-7-12(11(8-10)13-3)14(5-2)9-15/h6-9,13H,4-5H2,1-3H3. The Kier molecular flexibility index (Phi) is 4.16. The Bertz CT molecular complexity index is 336. The molecule has 0 aromatic heterocycles. The third kappa shape index (κ3) is 2.49. The van der Waals surface area contributed by atoms with Gasteiger partial charge in [-0.3, -0.25) is 4.79 Å². The predicted molar refractivity (Wildman–Crippen MR) is 64.5 cm³/mol. The molecule has 0 unspecified atom stereocenters. The van der Waals surface area contributed by atoms with Crippen molar-refractivity contribution in [3.8, 4) is 0 Å². The topological polar surface area (TPSA) is 32.3 Å². The number of rotatable bonds is 5. The second-order valence-corrected chi connectivity index (χ2v) is 3.35. The lowest BCUT2D eigenvalue weighted by molar-refractivity contribution is -0.107. The van der Waals surface area contributed by atoms with Crippen LogP contribution in [-0.4, -0.2) is 20.0 Å². The summed E-state index contributed by atoms with van der Waals surface area (Å²) < 4.78 is 0. The molecule has 0 heterocycles. The minimum atomic E-state index is 0.684. The van der Waals surface area contributed by atoms with E-state index in [4.69, 9.17) is 0 Å². The molecule has 3 heteroatoms. The van der Waals surface area contributed by atoms with Gasteiger partial charge >= 0.3 is 0 Å². The average molecular weight is 206 g/mol. The minimum Gasteiger partial charge on any atom is -0.386 e. The zero-order valence-corrected chi connectivity index (χ0v) is 9.58. The summed E-state index contributed by atoms with van der Waals surface area (Å²) in [4.78, 5) is 12.5. The maximum Gasteiger partial charge on any atom is 0.214 e. The summed E-state index contributed by atoms with van der Waals surface area (Å²) in [6, 6.07) is 6.13. The van der Waals surface area contributed by atoms with Crippen LogP contribution in [0.2, 0.25) is 0 Å². The van der Waals surface area contributed by atoms with E-state index in [2.05, 4.69) is 24.4 Å². The first kappa shape index (κ1) is 11.6. The summed E-state index contributed by atoms with van der Waals surface area (Å²) in [6.45, 7) is 4.76. The van der Waals surface area contributed by atoms with Crippen LogP contribution < -0.4 is 10.2 Å². The van der Waals surface area contributed by atoms with Crippen LogP contribution in [0.4, 0.5) is 11.4 Å². The van der Waals surface area contributed by atoms with Crippen molar-refractivity contribution in [2.45, 2.75) is 20.3 Å². The van der Waals surface area contributed by atoms with Crippen molar-refractivity contribution >= 4 is 17.8 Å². The van der Waals surface area contributed by atoms with Crippen LogP contribution in [0.1, 0.15) is 19.4 Å². The summed E-state index contributed by atoms with van der Waals surface area (Å²) in [6.07, 6.45) is 1.87. The van der Waals surface area contributed by atoms with Crippen LogP contribution in [0.25, 0.3) is 0 Å². The Hall–Kier alpha value is -1.51.